The zero-order chi connectivity index (χ0) is 13.4. The van der Waals surface area contributed by atoms with E-state index in [9.17, 15) is 4.79 Å². The maximum atomic E-state index is 10.6. The summed E-state index contributed by atoms with van der Waals surface area (Å²) in [4.78, 5) is 16.4. The van der Waals surface area contributed by atoms with Crippen LogP contribution in [0.5, 0.6) is 0 Å². The number of carboxylic acid groups (broad SMARTS) is 1. The maximum absolute atomic E-state index is 10.6. The molecule has 5 heteroatoms. The lowest BCUT2D eigenvalue weighted by atomic mass is 9.91. The van der Waals surface area contributed by atoms with Crippen molar-refractivity contribution in [1.29, 1.82) is 0 Å². The smallest absolute Gasteiger partial charge is 0.303 e. The van der Waals surface area contributed by atoms with Gasteiger partial charge in [0.2, 0.25) is 0 Å². The van der Waals surface area contributed by atoms with Gasteiger partial charge in [-0.25, -0.2) is 4.98 Å². The molecule has 0 bridgehead atoms. The van der Waals surface area contributed by atoms with Crippen LogP contribution in [-0.2, 0) is 24.1 Å². The highest BCUT2D eigenvalue weighted by Gasteiger charge is 2.22. The number of nitrogens with zero attached hydrogens (tertiary/aromatic N) is 2. The molecule has 2 aromatic rings. The summed E-state index contributed by atoms with van der Waals surface area (Å²) in [6.45, 7) is 2.29. The number of hydrogen-bond donors (Lipinski definition) is 1. The van der Waals surface area contributed by atoms with Gasteiger partial charge in [0.05, 0.1) is 5.69 Å². The van der Waals surface area contributed by atoms with Crippen molar-refractivity contribution >= 4 is 22.3 Å². The predicted octanol–water partition coefficient (Wildman–Crippen LogP) is 2.93. The molecule has 4 nitrogen and oxygen atoms in total. The van der Waals surface area contributed by atoms with Crippen molar-refractivity contribution in [3.05, 3.63) is 22.5 Å². The van der Waals surface area contributed by atoms with E-state index in [2.05, 4.69) is 16.7 Å². The molecule has 0 aromatic carbocycles. The van der Waals surface area contributed by atoms with Crippen molar-refractivity contribution in [2.75, 3.05) is 0 Å². The van der Waals surface area contributed by atoms with Crippen LogP contribution in [0.1, 0.15) is 43.3 Å². The SMILES string of the molecule is CC1CCc2nc3scc(CCCC(=O)O)n3c2C1. The summed E-state index contributed by atoms with van der Waals surface area (Å²) in [5, 5.41) is 10.9. The highest BCUT2D eigenvalue weighted by atomic mass is 32.1. The Hall–Kier alpha value is -1.36. The number of imidazole rings is 1. The van der Waals surface area contributed by atoms with Crippen LogP contribution in [0, 0.1) is 5.92 Å². The van der Waals surface area contributed by atoms with Gasteiger partial charge in [0.1, 0.15) is 0 Å². The van der Waals surface area contributed by atoms with E-state index in [0.29, 0.717) is 6.42 Å². The van der Waals surface area contributed by atoms with E-state index in [4.69, 9.17) is 10.1 Å². The van der Waals surface area contributed by atoms with Crippen molar-refractivity contribution in [1.82, 2.24) is 9.38 Å². The number of carbonyl (C=O) groups is 1. The quantitative estimate of drug-likeness (QED) is 0.935. The second-order valence-corrected chi connectivity index (χ2v) is 6.28. The van der Waals surface area contributed by atoms with E-state index >= 15 is 0 Å². The molecule has 0 fully saturated rings. The molecule has 102 valence electrons. The lowest BCUT2D eigenvalue weighted by molar-refractivity contribution is -0.137. The summed E-state index contributed by atoms with van der Waals surface area (Å²) < 4.78 is 2.28. The molecule has 0 aliphatic heterocycles. The van der Waals surface area contributed by atoms with Crippen LogP contribution in [0.2, 0.25) is 0 Å². The minimum atomic E-state index is -0.715. The van der Waals surface area contributed by atoms with Crippen LogP contribution >= 0.6 is 11.3 Å². The summed E-state index contributed by atoms with van der Waals surface area (Å²) in [6, 6.07) is 0. The Kier molecular flexibility index (Phi) is 3.31. The highest BCUT2D eigenvalue weighted by molar-refractivity contribution is 7.15. The third-order valence-corrected chi connectivity index (χ3v) is 4.73. The van der Waals surface area contributed by atoms with E-state index in [0.717, 1.165) is 30.1 Å². The molecule has 1 aliphatic rings. The molecule has 2 aromatic heterocycles. The van der Waals surface area contributed by atoms with Gasteiger partial charge in [-0.2, -0.15) is 0 Å². The molecule has 19 heavy (non-hydrogen) atoms. The molecule has 0 saturated heterocycles. The molecular weight excluding hydrogens is 260 g/mol. The standard InChI is InChI=1S/C14H18N2O2S/c1-9-5-6-11-12(7-9)16-10(3-2-4-13(17)18)8-19-14(16)15-11/h8-9H,2-7H2,1H3,(H,17,18). The Bertz CT molecular complexity index is 614. The first-order valence-electron chi connectivity index (χ1n) is 6.83. The number of aryl methyl sites for hydroxylation is 2. The van der Waals surface area contributed by atoms with Crippen LogP contribution in [0.25, 0.3) is 4.96 Å². The number of rotatable bonds is 4. The fourth-order valence-corrected chi connectivity index (χ4v) is 3.80. The van der Waals surface area contributed by atoms with Gasteiger partial charge in [-0.15, -0.1) is 11.3 Å². The monoisotopic (exact) mass is 278 g/mol. The molecule has 2 heterocycles. The molecule has 1 atom stereocenters. The summed E-state index contributed by atoms with van der Waals surface area (Å²) in [5.41, 5.74) is 3.84. The number of fused-ring (bicyclic) bond motifs is 3. The van der Waals surface area contributed by atoms with Gasteiger partial charge in [-0.05, 0) is 38.0 Å². The molecule has 0 radical (unpaired) electrons. The fourth-order valence-electron chi connectivity index (χ4n) is 2.84. The normalized spacial score (nSPS) is 18.7. The molecule has 0 amide bonds. The Labute approximate surface area is 116 Å². The Morgan fingerprint density at radius 3 is 3.26 bits per heavy atom. The first-order chi connectivity index (χ1) is 9.15. The van der Waals surface area contributed by atoms with Crippen molar-refractivity contribution < 1.29 is 9.90 Å². The third kappa shape index (κ3) is 2.39. The Morgan fingerprint density at radius 1 is 1.63 bits per heavy atom. The van der Waals surface area contributed by atoms with Gasteiger partial charge < -0.3 is 5.11 Å². The van der Waals surface area contributed by atoms with Gasteiger partial charge in [-0.3, -0.25) is 9.20 Å². The lowest BCUT2D eigenvalue weighted by Crippen LogP contribution is -2.13. The van der Waals surface area contributed by atoms with Crippen molar-refractivity contribution in [2.24, 2.45) is 5.92 Å². The average molecular weight is 278 g/mol. The summed E-state index contributed by atoms with van der Waals surface area (Å²) in [7, 11) is 0. The largest absolute Gasteiger partial charge is 0.481 e. The van der Waals surface area contributed by atoms with E-state index in [1.807, 2.05) is 0 Å². The average Bonchev–Trinajstić information content (AvgIpc) is 2.89. The number of aromatic nitrogens is 2. The van der Waals surface area contributed by atoms with Crippen LogP contribution < -0.4 is 0 Å². The topological polar surface area (TPSA) is 54.6 Å². The van der Waals surface area contributed by atoms with Gasteiger partial charge in [-0.1, -0.05) is 6.92 Å². The van der Waals surface area contributed by atoms with Gasteiger partial charge >= 0.3 is 5.97 Å². The zero-order valence-electron chi connectivity index (χ0n) is 11.1. The first-order valence-corrected chi connectivity index (χ1v) is 7.71. The van der Waals surface area contributed by atoms with Crippen molar-refractivity contribution in [3.8, 4) is 0 Å². The molecule has 0 saturated carbocycles. The first kappa shape index (κ1) is 12.7. The van der Waals surface area contributed by atoms with E-state index < -0.39 is 5.97 Å². The van der Waals surface area contributed by atoms with Gasteiger partial charge in [0.25, 0.3) is 0 Å². The minimum Gasteiger partial charge on any atom is -0.481 e. The Morgan fingerprint density at radius 2 is 2.47 bits per heavy atom. The van der Waals surface area contributed by atoms with Crippen molar-refractivity contribution in [3.63, 3.8) is 0 Å². The minimum absolute atomic E-state index is 0.241. The molecule has 1 unspecified atom stereocenters. The molecule has 0 spiro atoms. The highest BCUT2D eigenvalue weighted by Crippen LogP contribution is 2.29. The fraction of sp³-hybridized carbons (Fsp3) is 0.571. The van der Waals surface area contributed by atoms with Crippen molar-refractivity contribution in [2.45, 2.75) is 45.4 Å². The van der Waals surface area contributed by atoms with Crippen LogP contribution in [0.3, 0.4) is 0 Å². The summed E-state index contributed by atoms with van der Waals surface area (Å²) >= 11 is 1.67. The Balaban J connectivity index is 1.88. The van der Waals surface area contributed by atoms with E-state index in [1.165, 1.54) is 23.5 Å². The van der Waals surface area contributed by atoms with Crippen LogP contribution in [-0.4, -0.2) is 20.5 Å². The molecule has 1 N–H and O–H groups in total. The number of aliphatic carboxylic acids is 1. The van der Waals surface area contributed by atoms with Gasteiger partial charge in [0.15, 0.2) is 4.96 Å². The number of carboxylic acids is 1. The van der Waals surface area contributed by atoms with E-state index in [-0.39, 0.29) is 6.42 Å². The van der Waals surface area contributed by atoms with Crippen LogP contribution in [0.15, 0.2) is 5.38 Å². The van der Waals surface area contributed by atoms with Crippen LogP contribution in [0.4, 0.5) is 0 Å². The second kappa shape index (κ2) is 4.96. The predicted molar refractivity (Wildman–Crippen MR) is 74.8 cm³/mol. The third-order valence-electron chi connectivity index (χ3n) is 3.85. The zero-order valence-corrected chi connectivity index (χ0v) is 11.9. The molecule has 3 rings (SSSR count). The lowest BCUT2D eigenvalue weighted by Gasteiger charge is -2.18. The number of thiazole rings is 1. The maximum Gasteiger partial charge on any atom is 0.303 e. The summed E-state index contributed by atoms with van der Waals surface area (Å²) in [5.74, 6) is 0.00641. The second-order valence-electron chi connectivity index (χ2n) is 5.45. The van der Waals surface area contributed by atoms with E-state index in [1.54, 1.807) is 11.3 Å². The summed E-state index contributed by atoms with van der Waals surface area (Å²) in [6.07, 6.45) is 5.17. The molecule has 1 aliphatic carbocycles. The molecular formula is C14H18N2O2S. The number of hydrogen-bond acceptors (Lipinski definition) is 3. The van der Waals surface area contributed by atoms with Gasteiger partial charge in [0, 0.05) is 23.2 Å².